The van der Waals surface area contributed by atoms with E-state index in [-0.39, 0.29) is 22.8 Å². The number of esters is 2. The second-order valence-corrected chi connectivity index (χ2v) is 13.4. The highest BCUT2D eigenvalue weighted by atomic mass is 16.5. The molecule has 42 heavy (non-hydrogen) atoms. The van der Waals surface area contributed by atoms with Gasteiger partial charge in [0.25, 0.3) is 0 Å². The number of carbonyl (C=O) groups excluding carboxylic acids is 2. The van der Waals surface area contributed by atoms with Crippen molar-refractivity contribution in [3.63, 3.8) is 0 Å². The molecule has 2 aromatic rings. The van der Waals surface area contributed by atoms with Crippen molar-refractivity contribution in [1.82, 2.24) is 0 Å². The van der Waals surface area contributed by atoms with Crippen LogP contribution in [0.3, 0.4) is 0 Å². The largest absolute Gasteiger partial charge is 0.469 e. The van der Waals surface area contributed by atoms with Gasteiger partial charge >= 0.3 is 11.9 Å². The smallest absolute Gasteiger partial charge is 0.305 e. The molecule has 0 aromatic heterocycles. The topological polar surface area (TPSA) is 52.6 Å². The van der Waals surface area contributed by atoms with E-state index in [1.807, 2.05) is 0 Å². The lowest BCUT2D eigenvalue weighted by Crippen LogP contribution is -2.14. The van der Waals surface area contributed by atoms with E-state index in [0.717, 1.165) is 49.4 Å². The number of hydrogen-bond donors (Lipinski definition) is 0. The van der Waals surface area contributed by atoms with Gasteiger partial charge in [-0.1, -0.05) is 99.2 Å². The molecule has 4 unspecified atom stereocenters. The Hall–Kier alpha value is -2.62. The Labute approximate surface area is 254 Å². The fourth-order valence-corrected chi connectivity index (χ4v) is 9.49. The molecule has 0 N–H and O–H groups in total. The van der Waals surface area contributed by atoms with Crippen molar-refractivity contribution in [2.24, 2.45) is 23.7 Å². The molecule has 3 fully saturated rings. The maximum atomic E-state index is 11.9. The summed E-state index contributed by atoms with van der Waals surface area (Å²) in [5.74, 6) is 2.76. The number of carbonyl (C=O) groups is 2. The van der Waals surface area contributed by atoms with Gasteiger partial charge in [0.2, 0.25) is 0 Å². The van der Waals surface area contributed by atoms with E-state index >= 15 is 0 Å². The van der Waals surface area contributed by atoms with Gasteiger partial charge in [0, 0.05) is 23.7 Å². The Morgan fingerprint density at radius 1 is 0.571 bits per heavy atom. The predicted octanol–water partition coefficient (Wildman–Crippen LogP) is 8.96. The summed E-state index contributed by atoms with van der Waals surface area (Å²) in [6, 6.07) is 22.4. The second kappa shape index (κ2) is 14.2. The van der Waals surface area contributed by atoms with Gasteiger partial charge in [-0.25, -0.2) is 0 Å². The summed E-state index contributed by atoms with van der Waals surface area (Å²) in [7, 11) is 3.00. The van der Waals surface area contributed by atoms with Crippen molar-refractivity contribution in [1.29, 1.82) is 0 Å². The van der Waals surface area contributed by atoms with Crippen LogP contribution < -0.4 is 0 Å². The van der Waals surface area contributed by atoms with Gasteiger partial charge in [-0.3, -0.25) is 9.59 Å². The minimum atomic E-state index is -0.0826. The van der Waals surface area contributed by atoms with E-state index < -0.39 is 0 Å². The van der Waals surface area contributed by atoms with E-state index in [1.165, 1.54) is 89.6 Å². The highest BCUT2D eigenvalue weighted by molar-refractivity contribution is 5.69. The zero-order valence-corrected chi connectivity index (χ0v) is 26.0. The van der Waals surface area contributed by atoms with Gasteiger partial charge in [0.05, 0.1) is 14.2 Å². The molecule has 4 nitrogen and oxygen atoms in total. The third-order valence-corrected chi connectivity index (χ3v) is 11.5. The quantitative estimate of drug-likeness (QED) is 0.267. The fraction of sp³-hybridized carbons (Fsp3) is 0.632. The van der Waals surface area contributed by atoms with Gasteiger partial charge in [-0.05, 0) is 86.2 Å². The standard InChI is InChI=1S/C38H52O4/c1-41-35(39)25-15-27-37(29-17-7-3-8-18-29)31-21-11-5-13-23-33-34(24-14-6-12-22-32(31)37)38(33,28-16-26-36(40)42-2)30-19-9-4-10-20-30/h3-4,7-10,17-20,31-34H,5-6,11-16,21-28H2,1-2H3. The monoisotopic (exact) mass is 572 g/mol. The molecule has 0 heterocycles. The first kappa shape index (κ1) is 30.8. The van der Waals surface area contributed by atoms with Crippen LogP contribution in [-0.4, -0.2) is 26.2 Å². The first-order valence-electron chi connectivity index (χ1n) is 16.8. The number of hydrogen-bond acceptors (Lipinski definition) is 4. The van der Waals surface area contributed by atoms with Crippen molar-refractivity contribution in [3.05, 3.63) is 71.8 Å². The highest BCUT2D eigenvalue weighted by Crippen LogP contribution is 2.68. The Kier molecular flexibility index (Phi) is 10.4. The molecule has 5 rings (SSSR count). The van der Waals surface area contributed by atoms with Crippen LogP contribution in [0.25, 0.3) is 0 Å². The molecule has 0 amide bonds. The molecule has 0 bridgehead atoms. The normalized spacial score (nSPS) is 31.1. The first-order chi connectivity index (χ1) is 20.6. The van der Waals surface area contributed by atoms with Gasteiger partial charge in [0.15, 0.2) is 0 Å². The summed E-state index contributed by atoms with van der Waals surface area (Å²) < 4.78 is 9.93. The predicted molar refractivity (Wildman–Crippen MR) is 168 cm³/mol. The lowest BCUT2D eigenvalue weighted by molar-refractivity contribution is -0.141. The summed E-state index contributed by atoms with van der Waals surface area (Å²) in [4.78, 5) is 23.9. The summed E-state index contributed by atoms with van der Waals surface area (Å²) in [6.07, 6.45) is 18.0. The van der Waals surface area contributed by atoms with Crippen LogP contribution in [0, 0.1) is 23.7 Å². The molecule has 0 spiro atoms. The molecule has 3 saturated carbocycles. The van der Waals surface area contributed by atoms with Gasteiger partial charge in [0.1, 0.15) is 0 Å². The van der Waals surface area contributed by atoms with Crippen LogP contribution in [-0.2, 0) is 29.9 Å². The molecule has 0 aliphatic heterocycles. The molecular weight excluding hydrogens is 520 g/mol. The molecule has 2 aromatic carbocycles. The highest BCUT2D eigenvalue weighted by Gasteiger charge is 2.64. The molecule has 0 radical (unpaired) electrons. The van der Waals surface area contributed by atoms with Crippen LogP contribution in [0.15, 0.2) is 60.7 Å². The van der Waals surface area contributed by atoms with E-state index in [0.29, 0.717) is 12.8 Å². The van der Waals surface area contributed by atoms with E-state index in [4.69, 9.17) is 9.47 Å². The molecule has 228 valence electrons. The van der Waals surface area contributed by atoms with Crippen molar-refractivity contribution < 1.29 is 19.1 Å². The van der Waals surface area contributed by atoms with Gasteiger partial charge in [-0.15, -0.1) is 0 Å². The van der Waals surface area contributed by atoms with E-state index in [9.17, 15) is 9.59 Å². The Morgan fingerprint density at radius 2 is 0.905 bits per heavy atom. The third-order valence-electron chi connectivity index (χ3n) is 11.5. The van der Waals surface area contributed by atoms with Crippen molar-refractivity contribution in [3.8, 4) is 0 Å². The van der Waals surface area contributed by atoms with Crippen molar-refractivity contribution in [2.75, 3.05) is 14.2 Å². The minimum Gasteiger partial charge on any atom is -0.469 e. The molecule has 4 heteroatoms. The number of methoxy groups -OCH3 is 2. The average molecular weight is 573 g/mol. The summed E-state index contributed by atoms with van der Waals surface area (Å²) in [5, 5.41) is 0. The molecular formula is C38H52O4. The maximum absolute atomic E-state index is 11.9. The average Bonchev–Trinajstić information content (AvgIpc) is 3.87. The lowest BCUT2D eigenvalue weighted by Gasteiger charge is -2.20. The number of benzene rings is 2. The van der Waals surface area contributed by atoms with Crippen LogP contribution >= 0.6 is 0 Å². The molecule has 4 atom stereocenters. The van der Waals surface area contributed by atoms with Crippen molar-refractivity contribution >= 4 is 11.9 Å². The first-order valence-corrected chi connectivity index (χ1v) is 16.8. The van der Waals surface area contributed by atoms with Crippen LogP contribution in [0.4, 0.5) is 0 Å². The number of ether oxygens (including phenoxy) is 2. The summed E-state index contributed by atoms with van der Waals surface area (Å²) in [5.41, 5.74) is 3.46. The van der Waals surface area contributed by atoms with Crippen LogP contribution in [0.1, 0.15) is 114 Å². The minimum absolute atomic E-state index is 0.0826. The fourth-order valence-electron chi connectivity index (χ4n) is 9.49. The Bertz CT molecular complexity index is 1030. The zero-order chi connectivity index (χ0) is 29.4. The Balaban J connectivity index is 1.26. The Morgan fingerprint density at radius 3 is 1.21 bits per heavy atom. The summed E-state index contributed by atoms with van der Waals surface area (Å²) >= 11 is 0. The molecule has 0 saturated heterocycles. The second-order valence-electron chi connectivity index (χ2n) is 13.4. The summed E-state index contributed by atoms with van der Waals surface area (Å²) in [6.45, 7) is 0. The maximum Gasteiger partial charge on any atom is 0.305 e. The lowest BCUT2D eigenvalue weighted by atomic mass is 9.84. The molecule has 3 aliphatic carbocycles. The third kappa shape index (κ3) is 6.48. The van der Waals surface area contributed by atoms with E-state index in [1.54, 1.807) is 0 Å². The number of fused-ring (bicyclic) bond motifs is 2. The number of rotatable bonds is 10. The van der Waals surface area contributed by atoms with Gasteiger partial charge < -0.3 is 9.47 Å². The van der Waals surface area contributed by atoms with Crippen LogP contribution in [0.5, 0.6) is 0 Å². The van der Waals surface area contributed by atoms with Crippen molar-refractivity contribution in [2.45, 2.75) is 114 Å². The zero-order valence-electron chi connectivity index (χ0n) is 26.0. The van der Waals surface area contributed by atoms with Gasteiger partial charge in [-0.2, -0.15) is 0 Å². The van der Waals surface area contributed by atoms with E-state index in [2.05, 4.69) is 60.7 Å². The van der Waals surface area contributed by atoms with Crippen LogP contribution in [0.2, 0.25) is 0 Å². The SMILES string of the molecule is COC(=O)CCCC1(c2ccccc2)C2CCCCCC3C(CCCCCC21)C3(CCCC(=O)OC)c1ccccc1. The molecule has 3 aliphatic rings.